The SMILES string of the molecule is OCCS[C@@H]1/C(=N/O)[C@H]2CC[C@H]1C2. The highest BCUT2D eigenvalue weighted by Crippen LogP contribution is 2.47. The van der Waals surface area contributed by atoms with Crippen molar-refractivity contribution in [3.8, 4) is 0 Å². The molecule has 2 aliphatic rings. The summed E-state index contributed by atoms with van der Waals surface area (Å²) in [5.74, 6) is 1.99. The van der Waals surface area contributed by atoms with Crippen molar-refractivity contribution in [2.45, 2.75) is 24.5 Å². The van der Waals surface area contributed by atoms with Crippen molar-refractivity contribution in [2.75, 3.05) is 12.4 Å². The van der Waals surface area contributed by atoms with Crippen LogP contribution in [-0.4, -0.2) is 33.6 Å². The molecule has 74 valence electrons. The number of fused-ring (bicyclic) bond motifs is 2. The van der Waals surface area contributed by atoms with Crippen LogP contribution in [0.15, 0.2) is 5.16 Å². The molecular formula is C9H15NO2S. The van der Waals surface area contributed by atoms with Crippen molar-refractivity contribution in [1.82, 2.24) is 0 Å². The molecule has 0 aromatic carbocycles. The molecule has 2 bridgehead atoms. The Hall–Kier alpha value is -0.220. The Balaban J connectivity index is 2.01. The van der Waals surface area contributed by atoms with Gasteiger partial charge in [-0.3, -0.25) is 0 Å². The summed E-state index contributed by atoms with van der Waals surface area (Å²) >= 11 is 1.74. The zero-order valence-corrected chi connectivity index (χ0v) is 8.33. The molecule has 3 nitrogen and oxygen atoms in total. The number of nitrogens with zero attached hydrogens (tertiary/aromatic N) is 1. The molecule has 0 radical (unpaired) electrons. The first-order valence-corrected chi connectivity index (χ1v) is 5.86. The fourth-order valence-corrected chi connectivity index (χ4v) is 3.86. The van der Waals surface area contributed by atoms with Gasteiger partial charge in [0.1, 0.15) is 0 Å². The first kappa shape index (κ1) is 9.34. The Bertz CT molecular complexity index is 220. The number of hydrogen-bond donors (Lipinski definition) is 2. The quantitative estimate of drug-likeness (QED) is 0.535. The zero-order valence-electron chi connectivity index (χ0n) is 7.52. The fourth-order valence-electron chi connectivity index (χ4n) is 2.57. The minimum atomic E-state index is 0.220. The molecule has 0 spiro atoms. The average Bonchev–Trinajstić information content (AvgIpc) is 2.73. The Kier molecular flexibility index (Phi) is 2.79. The first-order chi connectivity index (χ1) is 6.36. The van der Waals surface area contributed by atoms with Crippen LogP contribution in [-0.2, 0) is 0 Å². The van der Waals surface area contributed by atoms with Gasteiger partial charge in [0, 0.05) is 16.9 Å². The lowest BCUT2D eigenvalue weighted by Gasteiger charge is -2.21. The van der Waals surface area contributed by atoms with E-state index >= 15 is 0 Å². The van der Waals surface area contributed by atoms with Gasteiger partial charge < -0.3 is 10.3 Å². The maximum absolute atomic E-state index is 8.87. The Labute approximate surface area is 82.2 Å². The van der Waals surface area contributed by atoms with E-state index in [1.54, 1.807) is 11.8 Å². The third-order valence-corrected chi connectivity index (χ3v) is 4.52. The molecule has 2 N–H and O–H groups in total. The predicted octanol–water partition coefficient (Wildman–Crippen LogP) is 1.34. The van der Waals surface area contributed by atoms with Gasteiger partial charge in [-0.05, 0) is 25.2 Å². The van der Waals surface area contributed by atoms with Gasteiger partial charge in [-0.25, -0.2) is 0 Å². The molecule has 0 amide bonds. The molecule has 0 heterocycles. The Morgan fingerprint density at radius 2 is 2.31 bits per heavy atom. The molecule has 0 unspecified atom stereocenters. The molecule has 0 aromatic rings. The van der Waals surface area contributed by atoms with Gasteiger partial charge in [-0.2, -0.15) is 0 Å². The Morgan fingerprint density at radius 1 is 1.46 bits per heavy atom. The molecule has 0 saturated heterocycles. The van der Waals surface area contributed by atoms with E-state index in [0.29, 0.717) is 17.1 Å². The lowest BCUT2D eigenvalue weighted by Crippen LogP contribution is -2.25. The van der Waals surface area contributed by atoms with Crippen molar-refractivity contribution < 1.29 is 10.3 Å². The Morgan fingerprint density at radius 3 is 3.00 bits per heavy atom. The van der Waals surface area contributed by atoms with E-state index in [1.165, 1.54) is 19.3 Å². The van der Waals surface area contributed by atoms with E-state index in [2.05, 4.69) is 5.16 Å². The summed E-state index contributed by atoms with van der Waals surface area (Å²) < 4.78 is 0. The van der Waals surface area contributed by atoms with Gasteiger partial charge in [-0.1, -0.05) is 5.16 Å². The second-order valence-electron chi connectivity index (χ2n) is 3.81. The molecular weight excluding hydrogens is 186 g/mol. The highest BCUT2D eigenvalue weighted by atomic mass is 32.2. The van der Waals surface area contributed by atoms with E-state index in [1.807, 2.05) is 0 Å². The van der Waals surface area contributed by atoms with Crippen LogP contribution >= 0.6 is 11.8 Å². The molecule has 0 aromatic heterocycles. The van der Waals surface area contributed by atoms with Crippen molar-refractivity contribution in [1.29, 1.82) is 0 Å². The van der Waals surface area contributed by atoms with Crippen LogP contribution in [0.1, 0.15) is 19.3 Å². The molecule has 2 saturated carbocycles. The van der Waals surface area contributed by atoms with E-state index in [-0.39, 0.29) is 6.61 Å². The van der Waals surface area contributed by atoms with Crippen LogP contribution in [0.5, 0.6) is 0 Å². The summed E-state index contributed by atoms with van der Waals surface area (Å²) in [7, 11) is 0. The number of oxime groups is 1. The molecule has 0 aliphatic heterocycles. The first-order valence-electron chi connectivity index (χ1n) is 4.81. The summed E-state index contributed by atoms with van der Waals surface area (Å²) in [4.78, 5) is 0. The fraction of sp³-hybridized carbons (Fsp3) is 0.889. The second-order valence-corrected chi connectivity index (χ2v) is 5.06. The smallest absolute Gasteiger partial charge is 0.0734 e. The van der Waals surface area contributed by atoms with Gasteiger partial charge in [0.2, 0.25) is 0 Å². The molecule has 2 fully saturated rings. The number of aliphatic hydroxyl groups excluding tert-OH is 1. The van der Waals surface area contributed by atoms with Crippen LogP contribution in [0, 0.1) is 11.8 Å². The maximum atomic E-state index is 8.87. The summed E-state index contributed by atoms with van der Waals surface area (Å²) in [5.41, 5.74) is 0.981. The van der Waals surface area contributed by atoms with Crippen LogP contribution in [0.25, 0.3) is 0 Å². The topological polar surface area (TPSA) is 52.8 Å². The van der Waals surface area contributed by atoms with Crippen LogP contribution < -0.4 is 0 Å². The normalized spacial score (nSPS) is 40.4. The van der Waals surface area contributed by atoms with Crippen LogP contribution in [0.3, 0.4) is 0 Å². The number of hydrogen-bond acceptors (Lipinski definition) is 4. The van der Waals surface area contributed by atoms with Gasteiger partial charge in [0.25, 0.3) is 0 Å². The summed E-state index contributed by atoms with van der Waals surface area (Å²) in [6, 6.07) is 0. The minimum absolute atomic E-state index is 0.220. The molecule has 13 heavy (non-hydrogen) atoms. The lowest BCUT2D eigenvalue weighted by molar-refractivity contribution is 0.313. The van der Waals surface area contributed by atoms with Crippen molar-refractivity contribution >= 4 is 17.5 Å². The molecule has 4 heteroatoms. The van der Waals surface area contributed by atoms with E-state index < -0.39 is 0 Å². The predicted molar refractivity (Wildman–Crippen MR) is 53.4 cm³/mol. The summed E-state index contributed by atoms with van der Waals surface area (Å²) in [6.07, 6.45) is 3.66. The second kappa shape index (κ2) is 3.88. The number of thioether (sulfide) groups is 1. The summed E-state index contributed by atoms with van der Waals surface area (Å²) in [6.45, 7) is 0.220. The van der Waals surface area contributed by atoms with Crippen molar-refractivity contribution in [2.24, 2.45) is 17.0 Å². The molecule has 2 aliphatic carbocycles. The van der Waals surface area contributed by atoms with Crippen LogP contribution in [0.2, 0.25) is 0 Å². The van der Waals surface area contributed by atoms with E-state index in [0.717, 1.165) is 11.5 Å². The standard InChI is InChI=1S/C9H15NO2S/c11-3-4-13-9-7-2-1-6(5-7)8(9)10-12/h6-7,9,11-12H,1-5H2/b10-8+/t6-,7-,9-/m0/s1. The van der Waals surface area contributed by atoms with Gasteiger partial charge in [0.15, 0.2) is 0 Å². The van der Waals surface area contributed by atoms with Gasteiger partial charge >= 0.3 is 0 Å². The monoisotopic (exact) mass is 201 g/mol. The zero-order chi connectivity index (χ0) is 9.26. The molecule has 3 atom stereocenters. The van der Waals surface area contributed by atoms with Crippen molar-refractivity contribution in [3.05, 3.63) is 0 Å². The highest BCUT2D eigenvalue weighted by molar-refractivity contribution is 8.00. The minimum Gasteiger partial charge on any atom is -0.411 e. The third kappa shape index (κ3) is 1.57. The highest BCUT2D eigenvalue weighted by Gasteiger charge is 2.45. The maximum Gasteiger partial charge on any atom is 0.0734 e. The number of rotatable bonds is 3. The summed E-state index contributed by atoms with van der Waals surface area (Å²) in [5, 5.41) is 21.4. The van der Waals surface area contributed by atoms with E-state index in [9.17, 15) is 0 Å². The third-order valence-electron chi connectivity index (χ3n) is 3.12. The lowest BCUT2D eigenvalue weighted by atomic mass is 9.98. The molecule has 2 rings (SSSR count). The van der Waals surface area contributed by atoms with Crippen LogP contribution in [0.4, 0.5) is 0 Å². The van der Waals surface area contributed by atoms with Gasteiger partial charge in [0.05, 0.1) is 12.3 Å². The van der Waals surface area contributed by atoms with Crippen molar-refractivity contribution in [3.63, 3.8) is 0 Å². The van der Waals surface area contributed by atoms with E-state index in [4.69, 9.17) is 10.3 Å². The average molecular weight is 201 g/mol. The van der Waals surface area contributed by atoms with Gasteiger partial charge in [-0.15, -0.1) is 11.8 Å². The largest absolute Gasteiger partial charge is 0.411 e. The number of aliphatic hydroxyl groups is 1.